The van der Waals surface area contributed by atoms with Gasteiger partial charge in [0.15, 0.2) is 0 Å². The highest BCUT2D eigenvalue weighted by atomic mass is 35.5. The number of piperidine rings is 1. The summed E-state index contributed by atoms with van der Waals surface area (Å²) in [5.41, 5.74) is 8.48. The Balaban J connectivity index is 0.00000160. The van der Waals surface area contributed by atoms with Crippen LogP contribution in [0.15, 0.2) is 54.9 Å². The van der Waals surface area contributed by atoms with Crippen LogP contribution in [0.4, 0.5) is 0 Å². The number of imidazole rings is 1. The molecule has 1 aliphatic rings. The number of likely N-dealkylation sites (tertiary alicyclic amines) is 1. The molecule has 4 rings (SSSR count). The van der Waals surface area contributed by atoms with Crippen LogP contribution in [0.3, 0.4) is 0 Å². The smallest absolute Gasteiger partial charge is 0.254 e. The summed E-state index contributed by atoms with van der Waals surface area (Å²) in [7, 11) is 0. The highest BCUT2D eigenvalue weighted by molar-refractivity contribution is 5.94. The number of hydrogen-bond donors (Lipinski definition) is 1. The Morgan fingerprint density at radius 1 is 1.23 bits per heavy atom. The van der Waals surface area contributed by atoms with E-state index in [0.29, 0.717) is 31.0 Å². The Bertz CT molecular complexity index is 972. The van der Waals surface area contributed by atoms with Crippen LogP contribution >= 0.6 is 24.8 Å². The molecule has 1 unspecified atom stereocenters. The van der Waals surface area contributed by atoms with E-state index < -0.39 is 0 Å². The topological polar surface area (TPSA) is 72.9 Å². The zero-order chi connectivity index (χ0) is 19.7. The largest absolute Gasteiger partial charge is 0.487 e. The van der Waals surface area contributed by atoms with Crippen LogP contribution in [0.5, 0.6) is 5.75 Å². The molecule has 3 aromatic rings. The first-order chi connectivity index (χ1) is 13.4. The fourth-order valence-corrected chi connectivity index (χ4v) is 3.66. The number of halogens is 2. The lowest BCUT2D eigenvalue weighted by atomic mass is 9.79. The van der Waals surface area contributed by atoms with Crippen LogP contribution in [-0.4, -0.2) is 39.3 Å². The summed E-state index contributed by atoms with van der Waals surface area (Å²) >= 11 is 0. The maximum atomic E-state index is 13.0. The average Bonchev–Trinajstić information content (AvgIpc) is 3.11. The number of carbonyl (C=O) groups is 1. The van der Waals surface area contributed by atoms with Gasteiger partial charge in [-0.1, -0.05) is 26.0 Å². The van der Waals surface area contributed by atoms with Crippen molar-refractivity contribution in [2.24, 2.45) is 11.1 Å². The number of amides is 1. The summed E-state index contributed by atoms with van der Waals surface area (Å²) < 4.78 is 7.85. The first kappa shape index (κ1) is 24.0. The summed E-state index contributed by atoms with van der Waals surface area (Å²) in [5, 5.41) is 0. The van der Waals surface area contributed by atoms with Crippen molar-refractivity contribution in [3.05, 3.63) is 66.1 Å². The standard InChI is InChI=1S/C22H26N4O2.2ClH/c1-22(2)15-26(11-9-19(22)23)21(27)16-6-5-7-18(12-16)28-14-17-13-25-10-4-3-8-20(25)24-17;;/h3-8,10,12-13,19H,9,11,14-15,23H2,1-2H3;2*1H. The summed E-state index contributed by atoms with van der Waals surface area (Å²) in [6, 6.07) is 13.3. The molecule has 0 saturated carbocycles. The van der Waals surface area contributed by atoms with Crippen molar-refractivity contribution in [3.8, 4) is 5.75 Å². The minimum absolute atomic E-state index is 0. The molecule has 0 aliphatic carbocycles. The second kappa shape index (κ2) is 9.69. The van der Waals surface area contributed by atoms with Gasteiger partial charge in [0.25, 0.3) is 5.91 Å². The van der Waals surface area contributed by atoms with Gasteiger partial charge < -0.3 is 19.8 Å². The number of hydrogen-bond acceptors (Lipinski definition) is 4. The van der Waals surface area contributed by atoms with Crippen LogP contribution < -0.4 is 10.5 Å². The fourth-order valence-electron chi connectivity index (χ4n) is 3.66. The third-order valence-electron chi connectivity index (χ3n) is 5.48. The molecule has 2 N–H and O–H groups in total. The Hall–Kier alpha value is -2.28. The van der Waals surface area contributed by atoms with Gasteiger partial charge in [-0.15, -0.1) is 24.8 Å². The molecule has 0 spiro atoms. The third-order valence-corrected chi connectivity index (χ3v) is 5.48. The van der Waals surface area contributed by atoms with Crippen molar-refractivity contribution >= 4 is 36.4 Å². The van der Waals surface area contributed by atoms with E-state index in [1.165, 1.54) is 0 Å². The molecular formula is C22H28Cl2N4O2. The van der Waals surface area contributed by atoms with Gasteiger partial charge in [-0.3, -0.25) is 4.79 Å². The number of aromatic nitrogens is 2. The number of nitrogens with zero attached hydrogens (tertiary/aromatic N) is 3. The Morgan fingerprint density at radius 2 is 2.03 bits per heavy atom. The summed E-state index contributed by atoms with van der Waals surface area (Å²) in [6.07, 6.45) is 4.73. The van der Waals surface area contributed by atoms with E-state index in [4.69, 9.17) is 10.5 Å². The van der Waals surface area contributed by atoms with E-state index in [-0.39, 0.29) is 42.2 Å². The third kappa shape index (κ3) is 5.06. The molecule has 1 amide bonds. The lowest BCUT2D eigenvalue weighted by molar-refractivity contribution is 0.0532. The highest BCUT2D eigenvalue weighted by Crippen LogP contribution is 2.29. The Morgan fingerprint density at radius 3 is 2.77 bits per heavy atom. The summed E-state index contributed by atoms with van der Waals surface area (Å²) in [4.78, 5) is 19.4. The van der Waals surface area contributed by atoms with E-state index in [9.17, 15) is 4.79 Å². The van der Waals surface area contributed by atoms with Crippen LogP contribution in [-0.2, 0) is 6.61 Å². The zero-order valence-electron chi connectivity index (χ0n) is 17.2. The van der Waals surface area contributed by atoms with E-state index in [1.807, 2.05) is 58.1 Å². The number of benzene rings is 1. The molecule has 1 aromatic carbocycles. The maximum Gasteiger partial charge on any atom is 0.254 e. The Kier molecular flexibility index (Phi) is 7.75. The minimum atomic E-state index is -0.0782. The Labute approximate surface area is 189 Å². The number of fused-ring (bicyclic) bond motifs is 1. The molecule has 1 atom stereocenters. The molecule has 0 radical (unpaired) electrons. The van der Waals surface area contributed by atoms with Gasteiger partial charge >= 0.3 is 0 Å². The predicted molar refractivity (Wildman–Crippen MR) is 123 cm³/mol. The van der Waals surface area contributed by atoms with E-state index in [2.05, 4.69) is 18.8 Å². The van der Waals surface area contributed by atoms with Crippen LogP contribution in [0.25, 0.3) is 5.65 Å². The predicted octanol–water partition coefficient (Wildman–Crippen LogP) is 3.96. The van der Waals surface area contributed by atoms with Gasteiger partial charge in [0.2, 0.25) is 0 Å². The fraction of sp³-hybridized carbons (Fsp3) is 0.364. The lowest BCUT2D eigenvalue weighted by Gasteiger charge is -2.42. The molecular weight excluding hydrogens is 423 g/mol. The highest BCUT2D eigenvalue weighted by Gasteiger charge is 2.35. The summed E-state index contributed by atoms with van der Waals surface area (Å²) in [6.45, 7) is 5.94. The van der Waals surface area contributed by atoms with Gasteiger partial charge in [0.1, 0.15) is 18.0 Å². The molecule has 162 valence electrons. The molecule has 30 heavy (non-hydrogen) atoms. The molecule has 6 nitrogen and oxygen atoms in total. The van der Waals surface area contributed by atoms with E-state index >= 15 is 0 Å². The van der Waals surface area contributed by atoms with Crippen LogP contribution in [0.1, 0.15) is 36.3 Å². The average molecular weight is 451 g/mol. The van der Waals surface area contributed by atoms with Crippen molar-refractivity contribution in [2.75, 3.05) is 13.1 Å². The van der Waals surface area contributed by atoms with Crippen LogP contribution in [0.2, 0.25) is 0 Å². The van der Waals surface area contributed by atoms with Crippen molar-refractivity contribution < 1.29 is 9.53 Å². The van der Waals surface area contributed by atoms with Crippen molar-refractivity contribution in [1.29, 1.82) is 0 Å². The number of pyridine rings is 1. The number of carbonyl (C=O) groups excluding carboxylic acids is 1. The monoisotopic (exact) mass is 450 g/mol. The van der Waals surface area contributed by atoms with Crippen molar-refractivity contribution in [2.45, 2.75) is 32.9 Å². The second-order valence-corrected chi connectivity index (χ2v) is 8.13. The van der Waals surface area contributed by atoms with Gasteiger partial charge in [-0.25, -0.2) is 4.98 Å². The SMILES string of the molecule is CC1(C)CN(C(=O)c2cccc(OCc3cn4ccccc4n3)c2)CCC1N.Cl.Cl. The first-order valence-corrected chi connectivity index (χ1v) is 9.63. The van der Waals surface area contributed by atoms with Crippen molar-refractivity contribution in [1.82, 2.24) is 14.3 Å². The van der Waals surface area contributed by atoms with Crippen LogP contribution in [0, 0.1) is 5.41 Å². The normalized spacial score (nSPS) is 17.7. The molecule has 1 aliphatic heterocycles. The van der Waals surface area contributed by atoms with E-state index in [0.717, 1.165) is 17.8 Å². The zero-order valence-corrected chi connectivity index (χ0v) is 18.8. The molecule has 8 heteroatoms. The molecule has 1 saturated heterocycles. The van der Waals surface area contributed by atoms with Gasteiger partial charge in [-0.05, 0) is 42.2 Å². The second-order valence-electron chi connectivity index (χ2n) is 8.13. The number of nitrogens with two attached hydrogens (primary N) is 1. The van der Waals surface area contributed by atoms with Gasteiger partial charge in [-0.2, -0.15) is 0 Å². The van der Waals surface area contributed by atoms with Gasteiger partial charge in [0.05, 0.1) is 5.69 Å². The molecule has 0 bridgehead atoms. The molecule has 2 aromatic heterocycles. The van der Waals surface area contributed by atoms with Crippen molar-refractivity contribution in [3.63, 3.8) is 0 Å². The summed E-state index contributed by atoms with van der Waals surface area (Å²) in [5.74, 6) is 0.689. The minimum Gasteiger partial charge on any atom is -0.487 e. The molecule has 1 fully saturated rings. The molecule has 3 heterocycles. The first-order valence-electron chi connectivity index (χ1n) is 9.63. The quantitative estimate of drug-likeness (QED) is 0.652. The lowest BCUT2D eigenvalue weighted by Crippen LogP contribution is -2.53. The number of ether oxygens (including phenoxy) is 1. The number of rotatable bonds is 4. The van der Waals surface area contributed by atoms with Gasteiger partial charge in [0, 0.05) is 37.1 Å². The van der Waals surface area contributed by atoms with E-state index in [1.54, 1.807) is 6.07 Å². The maximum absolute atomic E-state index is 13.0.